The van der Waals surface area contributed by atoms with Gasteiger partial charge < -0.3 is 5.32 Å². The summed E-state index contributed by atoms with van der Waals surface area (Å²) in [6.07, 6.45) is 1.01. The fourth-order valence-corrected chi connectivity index (χ4v) is 3.24. The van der Waals surface area contributed by atoms with Crippen molar-refractivity contribution in [3.63, 3.8) is 0 Å². The molecule has 2 rings (SSSR count). The largest absolute Gasteiger partial charge is 0.310 e. The van der Waals surface area contributed by atoms with E-state index >= 15 is 0 Å². The molecule has 2 aromatic rings. The van der Waals surface area contributed by atoms with Crippen LogP contribution < -0.4 is 5.32 Å². The molecule has 0 fully saturated rings. The van der Waals surface area contributed by atoms with Gasteiger partial charge in [-0.3, -0.25) is 0 Å². The van der Waals surface area contributed by atoms with Gasteiger partial charge in [0, 0.05) is 6.04 Å². The van der Waals surface area contributed by atoms with Crippen molar-refractivity contribution in [1.82, 2.24) is 5.32 Å². The minimum atomic E-state index is 0.255. The molecule has 0 radical (unpaired) electrons. The van der Waals surface area contributed by atoms with E-state index in [0.717, 1.165) is 18.5 Å². The number of rotatable bonds is 5. The molecule has 1 aromatic carbocycles. The van der Waals surface area contributed by atoms with Crippen molar-refractivity contribution in [2.45, 2.75) is 19.4 Å². The van der Waals surface area contributed by atoms with Gasteiger partial charge in [-0.25, -0.2) is 0 Å². The summed E-state index contributed by atoms with van der Waals surface area (Å²) in [7, 11) is 0. The molecular weight excluding hydrogens is 320 g/mol. The fraction of sp³-hybridized carbons (Fsp3) is 0.267. The Bertz CT molecular complexity index is 586. The van der Waals surface area contributed by atoms with Gasteiger partial charge in [0.25, 0.3) is 0 Å². The second-order valence-corrected chi connectivity index (χ2v) is 6.62. The van der Waals surface area contributed by atoms with E-state index in [1.807, 2.05) is 18.2 Å². The van der Waals surface area contributed by atoms with E-state index in [1.54, 1.807) is 11.3 Å². The Morgan fingerprint density at radius 3 is 2.95 bits per heavy atom. The monoisotopic (exact) mass is 334 g/mol. The lowest BCUT2D eigenvalue weighted by Gasteiger charge is -2.14. The highest BCUT2D eigenvalue weighted by atomic mass is 79.9. The first-order valence-corrected chi connectivity index (χ1v) is 7.83. The van der Waals surface area contributed by atoms with Crippen LogP contribution in [0, 0.1) is 11.3 Å². The maximum Gasteiger partial charge on any atom is 0.0991 e. The van der Waals surface area contributed by atoms with E-state index in [0.29, 0.717) is 5.56 Å². The first-order valence-electron chi connectivity index (χ1n) is 6.16. The summed E-state index contributed by atoms with van der Waals surface area (Å²) in [5, 5.41) is 14.5. The molecule has 98 valence electrons. The number of hydrogen-bond donors (Lipinski definition) is 1. The van der Waals surface area contributed by atoms with E-state index in [9.17, 15) is 0 Å². The van der Waals surface area contributed by atoms with Crippen LogP contribution in [0.2, 0.25) is 0 Å². The SMILES string of the molecule is CC(NCCc1ccsc1Br)c1cccc(C#N)c1. The van der Waals surface area contributed by atoms with Crippen molar-refractivity contribution in [3.05, 3.63) is 56.2 Å². The molecule has 1 unspecified atom stereocenters. The van der Waals surface area contributed by atoms with Crippen molar-refractivity contribution in [2.24, 2.45) is 0 Å². The van der Waals surface area contributed by atoms with Crippen LogP contribution in [0.1, 0.15) is 29.7 Å². The molecule has 4 heteroatoms. The van der Waals surface area contributed by atoms with Gasteiger partial charge in [0.05, 0.1) is 15.4 Å². The predicted octanol–water partition coefficient (Wildman–Crippen LogP) is 4.28. The zero-order valence-electron chi connectivity index (χ0n) is 10.7. The van der Waals surface area contributed by atoms with E-state index in [-0.39, 0.29) is 6.04 Å². The standard InChI is InChI=1S/C15H15BrN2S/c1-11(14-4-2-3-12(9-14)10-17)18-7-5-13-6-8-19-15(13)16/h2-4,6,8-9,11,18H,5,7H2,1H3. The number of nitrogens with zero attached hydrogens (tertiary/aromatic N) is 1. The van der Waals surface area contributed by atoms with Gasteiger partial charge in [-0.2, -0.15) is 5.26 Å². The summed E-state index contributed by atoms with van der Waals surface area (Å²) >= 11 is 5.27. The predicted molar refractivity (Wildman–Crippen MR) is 83.3 cm³/mol. The van der Waals surface area contributed by atoms with Crippen LogP contribution >= 0.6 is 27.3 Å². The smallest absolute Gasteiger partial charge is 0.0991 e. The summed E-state index contributed by atoms with van der Waals surface area (Å²) < 4.78 is 1.22. The summed E-state index contributed by atoms with van der Waals surface area (Å²) in [5.74, 6) is 0. The van der Waals surface area contributed by atoms with E-state index < -0.39 is 0 Å². The molecule has 0 aliphatic rings. The molecule has 0 aliphatic carbocycles. The van der Waals surface area contributed by atoms with Crippen LogP contribution in [-0.4, -0.2) is 6.54 Å². The van der Waals surface area contributed by atoms with Crippen LogP contribution in [0.5, 0.6) is 0 Å². The van der Waals surface area contributed by atoms with Crippen molar-refractivity contribution in [2.75, 3.05) is 6.54 Å². The third kappa shape index (κ3) is 3.90. The topological polar surface area (TPSA) is 35.8 Å². The minimum absolute atomic E-state index is 0.255. The van der Waals surface area contributed by atoms with E-state index in [1.165, 1.54) is 9.35 Å². The van der Waals surface area contributed by atoms with Crippen molar-refractivity contribution >= 4 is 27.3 Å². The molecular formula is C15H15BrN2S. The summed E-state index contributed by atoms with van der Waals surface area (Å²) in [6, 6.07) is 12.3. The molecule has 19 heavy (non-hydrogen) atoms. The second kappa shape index (κ2) is 6.85. The number of nitrogens with one attached hydrogen (secondary N) is 1. The maximum absolute atomic E-state index is 8.90. The van der Waals surface area contributed by atoms with Crippen LogP contribution in [0.25, 0.3) is 0 Å². The first-order chi connectivity index (χ1) is 9.20. The van der Waals surface area contributed by atoms with Crippen molar-refractivity contribution < 1.29 is 0 Å². The third-order valence-corrected chi connectivity index (χ3v) is 4.87. The first kappa shape index (κ1) is 14.3. The Labute approximate surface area is 126 Å². The zero-order chi connectivity index (χ0) is 13.7. The molecule has 0 amide bonds. The molecule has 0 aliphatic heterocycles. The van der Waals surface area contributed by atoms with Gasteiger partial charge in [0.2, 0.25) is 0 Å². The summed E-state index contributed by atoms with van der Waals surface area (Å²) in [5.41, 5.74) is 3.21. The fourth-order valence-electron chi connectivity index (χ4n) is 1.92. The Balaban J connectivity index is 1.89. The second-order valence-electron chi connectivity index (χ2n) is 4.38. The lowest BCUT2D eigenvalue weighted by molar-refractivity contribution is 0.577. The van der Waals surface area contributed by atoms with Gasteiger partial charge in [-0.05, 0) is 70.5 Å². The molecule has 0 saturated carbocycles. The molecule has 1 atom stereocenters. The maximum atomic E-state index is 8.90. The number of thiophene rings is 1. The Morgan fingerprint density at radius 1 is 1.42 bits per heavy atom. The highest BCUT2D eigenvalue weighted by molar-refractivity contribution is 9.11. The van der Waals surface area contributed by atoms with Crippen molar-refractivity contribution in [1.29, 1.82) is 5.26 Å². The normalized spacial score (nSPS) is 12.1. The summed E-state index contributed by atoms with van der Waals surface area (Å²) in [6.45, 7) is 3.05. The molecule has 1 aromatic heterocycles. The average molecular weight is 335 g/mol. The average Bonchev–Trinajstić information content (AvgIpc) is 2.84. The molecule has 1 heterocycles. The summed E-state index contributed by atoms with van der Waals surface area (Å²) in [4.78, 5) is 0. The minimum Gasteiger partial charge on any atom is -0.310 e. The lowest BCUT2D eigenvalue weighted by Crippen LogP contribution is -2.21. The van der Waals surface area contributed by atoms with Crippen LogP contribution in [0.3, 0.4) is 0 Å². The van der Waals surface area contributed by atoms with Crippen LogP contribution in [-0.2, 0) is 6.42 Å². The Morgan fingerprint density at radius 2 is 2.26 bits per heavy atom. The Kier molecular flexibility index (Phi) is 5.15. The molecule has 1 N–H and O–H groups in total. The van der Waals surface area contributed by atoms with Gasteiger partial charge >= 0.3 is 0 Å². The Hall–Kier alpha value is -1.15. The highest BCUT2D eigenvalue weighted by Crippen LogP contribution is 2.23. The molecule has 0 bridgehead atoms. The zero-order valence-corrected chi connectivity index (χ0v) is 13.1. The molecule has 2 nitrogen and oxygen atoms in total. The van der Waals surface area contributed by atoms with Gasteiger partial charge in [0.15, 0.2) is 0 Å². The highest BCUT2D eigenvalue weighted by Gasteiger charge is 2.06. The number of hydrogen-bond acceptors (Lipinski definition) is 3. The van der Waals surface area contributed by atoms with Crippen LogP contribution in [0.15, 0.2) is 39.5 Å². The van der Waals surface area contributed by atoms with Gasteiger partial charge in [-0.15, -0.1) is 11.3 Å². The molecule has 0 spiro atoms. The number of halogens is 1. The third-order valence-electron chi connectivity index (χ3n) is 3.05. The number of benzene rings is 1. The molecule has 0 saturated heterocycles. The number of nitriles is 1. The van der Waals surface area contributed by atoms with Gasteiger partial charge in [0.1, 0.15) is 0 Å². The lowest BCUT2D eigenvalue weighted by atomic mass is 10.1. The quantitative estimate of drug-likeness (QED) is 0.885. The van der Waals surface area contributed by atoms with Gasteiger partial charge in [-0.1, -0.05) is 12.1 Å². The van der Waals surface area contributed by atoms with E-state index in [4.69, 9.17) is 5.26 Å². The van der Waals surface area contributed by atoms with E-state index in [2.05, 4.69) is 51.8 Å². The van der Waals surface area contributed by atoms with Crippen molar-refractivity contribution in [3.8, 4) is 6.07 Å². The van der Waals surface area contributed by atoms with Crippen LogP contribution in [0.4, 0.5) is 0 Å².